The first-order valence-corrected chi connectivity index (χ1v) is 5.10. The van der Waals surface area contributed by atoms with Gasteiger partial charge in [-0.05, 0) is 6.07 Å². The predicted molar refractivity (Wildman–Crippen MR) is 63.2 cm³/mol. The van der Waals surface area contributed by atoms with Gasteiger partial charge in [0.25, 0.3) is 5.69 Å². The van der Waals surface area contributed by atoms with Crippen molar-refractivity contribution in [3.05, 3.63) is 39.4 Å². The smallest absolute Gasteiger partial charge is 0.258 e. The van der Waals surface area contributed by atoms with Crippen LogP contribution in [-0.2, 0) is 0 Å². The Kier molecular flexibility index (Phi) is 4.38. The lowest BCUT2D eigenvalue weighted by Gasteiger charge is -1.94. The Balaban J connectivity index is 3.12. The van der Waals surface area contributed by atoms with Gasteiger partial charge in [0.2, 0.25) is 0 Å². The predicted octanol–water partition coefficient (Wildman–Crippen LogP) is 2.14. The van der Waals surface area contributed by atoms with E-state index in [4.69, 9.17) is 5.26 Å². The summed E-state index contributed by atoms with van der Waals surface area (Å²) in [7, 11) is 0. The molecular weight excluding hydrogens is 224 g/mol. The number of nitro groups is 1. The van der Waals surface area contributed by atoms with Gasteiger partial charge in [0, 0.05) is 29.9 Å². The number of benzene rings is 1. The van der Waals surface area contributed by atoms with Crippen LogP contribution < -0.4 is 0 Å². The van der Waals surface area contributed by atoms with E-state index in [0.29, 0.717) is 17.7 Å². The highest BCUT2D eigenvalue weighted by molar-refractivity contribution is 7.80. The molecule has 0 fully saturated rings. The molecule has 0 amide bonds. The van der Waals surface area contributed by atoms with Gasteiger partial charge in [0.15, 0.2) is 0 Å². The maximum Gasteiger partial charge on any atom is 0.271 e. The molecule has 0 aliphatic rings. The summed E-state index contributed by atoms with van der Waals surface area (Å²) in [5, 5.41) is 19.3. The van der Waals surface area contributed by atoms with E-state index in [-0.39, 0.29) is 11.3 Å². The summed E-state index contributed by atoms with van der Waals surface area (Å²) in [6.07, 6.45) is 0.605. The molecule has 0 N–H and O–H groups in total. The first-order valence-electron chi connectivity index (χ1n) is 4.46. The highest BCUT2D eigenvalue weighted by Crippen LogP contribution is 2.16. The van der Waals surface area contributed by atoms with E-state index in [9.17, 15) is 10.1 Å². The molecule has 1 rings (SSSR count). The zero-order valence-electron chi connectivity index (χ0n) is 8.30. The minimum absolute atomic E-state index is 0.116. The van der Waals surface area contributed by atoms with E-state index >= 15 is 0 Å². The van der Waals surface area contributed by atoms with Gasteiger partial charge in [0.1, 0.15) is 0 Å². The molecule has 0 aliphatic carbocycles. The van der Waals surface area contributed by atoms with Gasteiger partial charge < -0.3 is 0 Å². The first kappa shape index (κ1) is 12.1. The highest BCUT2D eigenvalue weighted by atomic mass is 32.1. The molecule has 0 radical (unpaired) electrons. The normalized spacial score (nSPS) is 8.75. The number of hydrogen-bond donors (Lipinski definition) is 1. The van der Waals surface area contributed by atoms with Gasteiger partial charge in [0.05, 0.1) is 16.6 Å². The summed E-state index contributed by atoms with van der Waals surface area (Å²) in [4.78, 5) is 10.0. The summed E-state index contributed by atoms with van der Waals surface area (Å²) in [6, 6.07) is 5.97. The number of thiol groups is 1. The van der Waals surface area contributed by atoms with Crippen LogP contribution in [0.2, 0.25) is 0 Å². The van der Waals surface area contributed by atoms with Crippen molar-refractivity contribution in [2.24, 2.45) is 0 Å². The summed E-state index contributed by atoms with van der Waals surface area (Å²) in [6.45, 7) is 0. The Bertz CT molecular complexity index is 509. The number of rotatable bonds is 2. The molecule has 0 spiro atoms. The zero-order valence-corrected chi connectivity index (χ0v) is 9.20. The second-order valence-electron chi connectivity index (χ2n) is 2.91. The molecule has 0 saturated carbocycles. The molecule has 1 aromatic rings. The molecule has 1 aromatic carbocycles. The summed E-state index contributed by atoms with van der Waals surface area (Å²) in [5.74, 6) is 6.20. The van der Waals surface area contributed by atoms with Crippen molar-refractivity contribution in [2.45, 2.75) is 6.42 Å². The van der Waals surface area contributed by atoms with E-state index < -0.39 is 4.92 Å². The van der Waals surface area contributed by atoms with Crippen LogP contribution in [0.5, 0.6) is 0 Å². The lowest BCUT2D eigenvalue weighted by atomic mass is 10.1. The fourth-order valence-electron chi connectivity index (χ4n) is 1.07. The third-order valence-corrected chi connectivity index (χ3v) is 1.95. The van der Waals surface area contributed by atoms with E-state index in [1.807, 2.05) is 6.07 Å². The topological polar surface area (TPSA) is 66.9 Å². The summed E-state index contributed by atoms with van der Waals surface area (Å²) < 4.78 is 0. The third kappa shape index (κ3) is 3.30. The number of nitrogens with zero attached hydrogens (tertiary/aromatic N) is 2. The van der Waals surface area contributed by atoms with Crippen LogP contribution in [0.15, 0.2) is 18.2 Å². The van der Waals surface area contributed by atoms with Crippen LogP contribution in [0.3, 0.4) is 0 Å². The fraction of sp³-hybridized carbons (Fsp3) is 0.182. The molecule has 5 heteroatoms. The molecule has 4 nitrogen and oxygen atoms in total. The quantitative estimate of drug-likeness (QED) is 0.367. The average Bonchev–Trinajstić information content (AvgIpc) is 2.29. The van der Waals surface area contributed by atoms with Crippen LogP contribution >= 0.6 is 12.6 Å². The van der Waals surface area contributed by atoms with Crippen LogP contribution in [0.25, 0.3) is 0 Å². The minimum atomic E-state index is -0.537. The van der Waals surface area contributed by atoms with Crippen molar-refractivity contribution in [1.82, 2.24) is 0 Å². The average molecular weight is 232 g/mol. The van der Waals surface area contributed by atoms with Crippen molar-refractivity contribution in [3.63, 3.8) is 0 Å². The van der Waals surface area contributed by atoms with Gasteiger partial charge in [-0.1, -0.05) is 11.8 Å². The molecule has 0 aliphatic heterocycles. The summed E-state index contributed by atoms with van der Waals surface area (Å²) in [5.41, 5.74) is 0.603. The number of hydrogen-bond acceptors (Lipinski definition) is 4. The Morgan fingerprint density at radius 3 is 2.62 bits per heavy atom. The molecule has 0 saturated heterocycles. The van der Waals surface area contributed by atoms with Crippen molar-refractivity contribution < 1.29 is 4.92 Å². The van der Waals surface area contributed by atoms with Gasteiger partial charge in [-0.2, -0.15) is 17.9 Å². The van der Waals surface area contributed by atoms with Gasteiger partial charge in [-0.15, -0.1) is 0 Å². The Morgan fingerprint density at radius 2 is 2.06 bits per heavy atom. The molecule has 0 unspecified atom stereocenters. The number of non-ortho nitro benzene ring substituents is 1. The third-order valence-electron chi connectivity index (χ3n) is 1.73. The Morgan fingerprint density at radius 1 is 1.38 bits per heavy atom. The second kappa shape index (κ2) is 5.79. The van der Waals surface area contributed by atoms with Crippen LogP contribution in [0.1, 0.15) is 17.5 Å². The van der Waals surface area contributed by atoms with Crippen molar-refractivity contribution in [3.8, 4) is 17.9 Å². The largest absolute Gasteiger partial charge is 0.271 e. The van der Waals surface area contributed by atoms with E-state index in [0.717, 1.165) is 0 Å². The highest BCUT2D eigenvalue weighted by Gasteiger charge is 2.08. The van der Waals surface area contributed by atoms with Gasteiger partial charge in [-0.25, -0.2) is 0 Å². The molecule has 0 bridgehead atoms. The van der Waals surface area contributed by atoms with E-state index in [2.05, 4.69) is 24.5 Å². The standard InChI is InChI=1S/C11H8N2O2S/c12-8-10-5-9(3-1-2-4-16)6-11(7-10)13(14)15/h5-7,16H,2,4H2. The van der Waals surface area contributed by atoms with Crippen LogP contribution in [-0.4, -0.2) is 10.7 Å². The molecule has 80 valence electrons. The van der Waals surface area contributed by atoms with Crippen molar-refractivity contribution in [2.75, 3.05) is 5.75 Å². The maximum atomic E-state index is 10.6. The van der Waals surface area contributed by atoms with Gasteiger partial charge in [-0.3, -0.25) is 10.1 Å². The maximum absolute atomic E-state index is 10.6. The summed E-state index contributed by atoms with van der Waals surface area (Å²) >= 11 is 4.00. The number of nitro benzene ring substituents is 1. The second-order valence-corrected chi connectivity index (χ2v) is 3.36. The van der Waals surface area contributed by atoms with Crippen LogP contribution in [0, 0.1) is 33.3 Å². The SMILES string of the molecule is N#Cc1cc(C#CCCS)cc([N+](=O)[O-])c1. The lowest BCUT2D eigenvalue weighted by molar-refractivity contribution is -0.384. The lowest BCUT2D eigenvalue weighted by Crippen LogP contribution is -1.90. The monoisotopic (exact) mass is 232 g/mol. The molecule has 0 atom stereocenters. The molecule has 0 heterocycles. The van der Waals surface area contributed by atoms with Crippen molar-refractivity contribution in [1.29, 1.82) is 5.26 Å². The number of nitriles is 1. The molecule has 16 heavy (non-hydrogen) atoms. The minimum Gasteiger partial charge on any atom is -0.258 e. The van der Waals surface area contributed by atoms with Crippen molar-refractivity contribution >= 4 is 18.3 Å². The zero-order chi connectivity index (χ0) is 12.0. The fourth-order valence-corrected chi connectivity index (χ4v) is 1.19. The Labute approximate surface area is 98.5 Å². The molecular formula is C11H8N2O2S. The van der Waals surface area contributed by atoms with Crippen LogP contribution in [0.4, 0.5) is 5.69 Å². The van der Waals surface area contributed by atoms with E-state index in [1.54, 1.807) is 0 Å². The Hall–Kier alpha value is -1.98. The first-order chi connectivity index (χ1) is 7.67. The van der Waals surface area contributed by atoms with E-state index in [1.165, 1.54) is 18.2 Å². The molecule has 0 aromatic heterocycles. The van der Waals surface area contributed by atoms with Gasteiger partial charge >= 0.3 is 0 Å².